The van der Waals surface area contributed by atoms with E-state index in [1.165, 1.54) is 6.33 Å². The highest BCUT2D eigenvalue weighted by Crippen LogP contribution is 2.30. The molecular weight excluding hydrogens is 399 g/mol. The van der Waals surface area contributed by atoms with Crippen molar-refractivity contribution in [2.24, 2.45) is 0 Å². The molecule has 0 radical (unpaired) electrons. The lowest BCUT2D eigenvalue weighted by atomic mass is 10.2. The van der Waals surface area contributed by atoms with Crippen LogP contribution in [0.5, 0.6) is 0 Å². The van der Waals surface area contributed by atoms with E-state index in [0.717, 1.165) is 18.4 Å². The third kappa shape index (κ3) is 5.80. The van der Waals surface area contributed by atoms with Crippen molar-refractivity contribution < 1.29 is 24.2 Å². The number of aliphatic hydroxyl groups excluding tert-OH is 1. The maximum absolute atomic E-state index is 10.4. The second kappa shape index (κ2) is 9.40. The molecule has 0 spiro atoms. The standard InChI is InChI=1S/C10H13N5O2.C7H10NO3P/c11-9-8-10(13-4-12-9)15(5-14-8)7-2-1-6(3-16)17-7;9-12(10,11)8-6-7-4-2-1-3-5-7/h4-7,16H,1-3H2,(H2,11,12,13);1-5H,6H2,(H3,8,9,10,11)/t6-,7+;/m0./s1. The van der Waals surface area contributed by atoms with Crippen LogP contribution in [-0.4, -0.2) is 47.1 Å². The van der Waals surface area contributed by atoms with E-state index in [9.17, 15) is 4.57 Å². The van der Waals surface area contributed by atoms with Crippen molar-refractivity contribution in [2.75, 3.05) is 12.3 Å². The molecule has 29 heavy (non-hydrogen) atoms. The van der Waals surface area contributed by atoms with Crippen LogP contribution in [-0.2, 0) is 15.8 Å². The van der Waals surface area contributed by atoms with Gasteiger partial charge in [0.2, 0.25) is 0 Å². The lowest BCUT2D eigenvalue weighted by Gasteiger charge is -2.13. The maximum Gasteiger partial charge on any atom is 0.400 e. The zero-order chi connectivity index (χ0) is 20.9. The number of imidazole rings is 1. The summed E-state index contributed by atoms with van der Waals surface area (Å²) in [5.41, 5.74) is 7.82. The predicted octanol–water partition coefficient (Wildman–Crippen LogP) is 0.947. The fraction of sp³-hybridized carbons (Fsp3) is 0.353. The number of hydrogen-bond donors (Lipinski definition) is 5. The Morgan fingerprint density at radius 1 is 1.21 bits per heavy atom. The van der Waals surface area contributed by atoms with Crippen LogP contribution in [0.2, 0.25) is 0 Å². The van der Waals surface area contributed by atoms with Crippen molar-refractivity contribution in [3.05, 3.63) is 48.5 Å². The van der Waals surface area contributed by atoms with Crippen molar-refractivity contribution in [1.29, 1.82) is 0 Å². The smallest absolute Gasteiger partial charge is 0.394 e. The second-order valence-electron chi connectivity index (χ2n) is 6.42. The summed E-state index contributed by atoms with van der Waals surface area (Å²) in [6.45, 7) is 0.228. The third-order valence-electron chi connectivity index (χ3n) is 4.32. The molecule has 1 aliphatic heterocycles. The number of nitrogens with two attached hydrogens (primary N) is 1. The van der Waals surface area contributed by atoms with Crippen LogP contribution in [0.1, 0.15) is 24.6 Å². The molecular formula is C17H23N6O5P. The van der Waals surface area contributed by atoms with E-state index in [1.54, 1.807) is 18.5 Å². The Morgan fingerprint density at radius 2 is 1.97 bits per heavy atom. The highest BCUT2D eigenvalue weighted by atomic mass is 31.2. The van der Waals surface area contributed by atoms with E-state index in [0.29, 0.717) is 17.0 Å². The number of nitrogens with zero attached hydrogens (tertiary/aromatic N) is 4. The monoisotopic (exact) mass is 422 g/mol. The first-order valence-electron chi connectivity index (χ1n) is 8.91. The number of ether oxygens (including phenoxy) is 1. The van der Waals surface area contributed by atoms with Gasteiger partial charge in [0.1, 0.15) is 18.1 Å². The summed E-state index contributed by atoms with van der Waals surface area (Å²) in [6, 6.07) is 9.07. The summed E-state index contributed by atoms with van der Waals surface area (Å²) in [5.74, 6) is 0.366. The van der Waals surface area contributed by atoms with Crippen molar-refractivity contribution >= 4 is 24.7 Å². The molecule has 4 rings (SSSR count). The van der Waals surface area contributed by atoms with Crippen molar-refractivity contribution in [3.63, 3.8) is 0 Å². The zero-order valence-corrected chi connectivity index (χ0v) is 16.4. The van der Waals surface area contributed by atoms with E-state index in [4.69, 9.17) is 25.4 Å². The molecule has 6 N–H and O–H groups in total. The fourth-order valence-electron chi connectivity index (χ4n) is 2.90. The number of rotatable bonds is 5. The Hall–Kier alpha value is -2.40. The van der Waals surface area contributed by atoms with Gasteiger partial charge in [-0.3, -0.25) is 4.57 Å². The van der Waals surface area contributed by atoms with Crippen LogP contribution < -0.4 is 10.8 Å². The molecule has 0 aliphatic carbocycles. The molecule has 3 aromatic rings. The normalized spacial score (nSPS) is 19.1. The third-order valence-corrected chi connectivity index (χ3v) is 4.89. The average molecular weight is 422 g/mol. The van der Waals surface area contributed by atoms with E-state index >= 15 is 0 Å². The van der Waals surface area contributed by atoms with Gasteiger partial charge >= 0.3 is 7.75 Å². The zero-order valence-electron chi connectivity index (χ0n) is 15.5. The van der Waals surface area contributed by atoms with Crippen LogP contribution >= 0.6 is 7.75 Å². The highest BCUT2D eigenvalue weighted by Gasteiger charge is 2.27. The number of aromatic nitrogens is 4. The van der Waals surface area contributed by atoms with E-state index in [2.05, 4.69) is 20.0 Å². The van der Waals surface area contributed by atoms with Gasteiger partial charge in [-0.15, -0.1) is 0 Å². The number of nitrogens with one attached hydrogen (secondary N) is 1. The molecule has 12 heteroatoms. The number of fused-ring (bicyclic) bond motifs is 1. The quantitative estimate of drug-likeness (QED) is 0.373. The first-order chi connectivity index (χ1) is 13.9. The molecule has 11 nitrogen and oxygen atoms in total. The number of nitrogen functional groups attached to an aromatic ring is 1. The SMILES string of the molecule is Nc1ncnc2c1ncn2[C@H]1CC[C@@H](CO)O1.O=P(O)(O)NCc1ccccc1. The van der Waals surface area contributed by atoms with Gasteiger partial charge in [0.15, 0.2) is 11.5 Å². The minimum Gasteiger partial charge on any atom is -0.394 e. The van der Waals surface area contributed by atoms with Crippen molar-refractivity contribution in [1.82, 2.24) is 24.6 Å². The Balaban J connectivity index is 0.000000177. The van der Waals surface area contributed by atoms with Crippen LogP contribution in [0.15, 0.2) is 43.0 Å². The summed E-state index contributed by atoms with van der Waals surface area (Å²) in [6.07, 6.45) is 4.50. The number of hydrogen-bond acceptors (Lipinski definition) is 7. The Morgan fingerprint density at radius 3 is 2.62 bits per heavy atom. The molecule has 3 heterocycles. The van der Waals surface area contributed by atoms with Crippen molar-refractivity contribution in [2.45, 2.75) is 31.7 Å². The summed E-state index contributed by atoms with van der Waals surface area (Å²) in [4.78, 5) is 29.2. The number of aliphatic hydroxyl groups is 1. The molecule has 0 saturated carbocycles. The van der Waals surface area contributed by atoms with Gasteiger partial charge < -0.3 is 25.4 Å². The number of benzene rings is 1. The maximum atomic E-state index is 10.4. The lowest BCUT2D eigenvalue weighted by molar-refractivity contribution is -0.0207. The Kier molecular flexibility index (Phi) is 6.91. The molecule has 1 aromatic carbocycles. The van der Waals surface area contributed by atoms with Crippen LogP contribution in [0.25, 0.3) is 11.2 Å². The molecule has 1 aliphatic rings. The van der Waals surface area contributed by atoms with Gasteiger partial charge in [-0.2, -0.15) is 0 Å². The van der Waals surface area contributed by atoms with Crippen LogP contribution in [0.3, 0.4) is 0 Å². The predicted molar refractivity (Wildman–Crippen MR) is 105 cm³/mol. The molecule has 2 aromatic heterocycles. The van der Waals surface area contributed by atoms with Crippen LogP contribution in [0.4, 0.5) is 5.82 Å². The molecule has 0 bridgehead atoms. The summed E-state index contributed by atoms with van der Waals surface area (Å²) in [5, 5.41) is 11.1. The average Bonchev–Trinajstić information content (AvgIpc) is 3.34. The Bertz CT molecular complexity index is 979. The Labute approximate surface area is 166 Å². The van der Waals surface area contributed by atoms with Gasteiger partial charge in [-0.25, -0.2) is 24.6 Å². The largest absolute Gasteiger partial charge is 0.400 e. The summed E-state index contributed by atoms with van der Waals surface area (Å²) in [7, 11) is -4.08. The summed E-state index contributed by atoms with van der Waals surface area (Å²) >= 11 is 0. The lowest BCUT2D eigenvalue weighted by Crippen LogP contribution is -2.14. The van der Waals surface area contributed by atoms with E-state index < -0.39 is 7.75 Å². The molecule has 0 amide bonds. The minimum absolute atomic E-state index is 0.0419. The molecule has 0 unspecified atom stereocenters. The van der Waals surface area contributed by atoms with E-state index in [-0.39, 0.29) is 25.5 Å². The highest BCUT2D eigenvalue weighted by molar-refractivity contribution is 7.49. The second-order valence-corrected chi connectivity index (χ2v) is 7.82. The van der Waals surface area contributed by atoms with Gasteiger partial charge in [-0.05, 0) is 18.4 Å². The molecule has 156 valence electrons. The van der Waals surface area contributed by atoms with E-state index in [1.807, 2.05) is 22.8 Å². The van der Waals surface area contributed by atoms with Gasteiger partial charge in [0, 0.05) is 6.54 Å². The van der Waals surface area contributed by atoms with Crippen molar-refractivity contribution in [3.8, 4) is 0 Å². The van der Waals surface area contributed by atoms with Gasteiger partial charge in [-0.1, -0.05) is 30.3 Å². The molecule has 2 atom stereocenters. The summed E-state index contributed by atoms with van der Waals surface area (Å²) < 4.78 is 17.9. The fourth-order valence-corrected chi connectivity index (χ4v) is 3.29. The topological polar surface area (TPSA) is 169 Å². The molecule has 1 saturated heterocycles. The van der Waals surface area contributed by atoms with Crippen LogP contribution in [0, 0.1) is 0 Å². The first kappa shape index (κ1) is 21.3. The molecule has 1 fully saturated rings. The van der Waals surface area contributed by atoms with Gasteiger partial charge in [0.05, 0.1) is 19.0 Å². The van der Waals surface area contributed by atoms with Gasteiger partial charge in [0.25, 0.3) is 0 Å². The minimum atomic E-state index is -4.08. The number of anilines is 1. The first-order valence-corrected chi connectivity index (χ1v) is 10.5.